The molecule has 1 unspecified atom stereocenters. The first-order valence-electron chi connectivity index (χ1n) is 15.0. The van der Waals surface area contributed by atoms with E-state index in [0.717, 1.165) is 33.0 Å². The van der Waals surface area contributed by atoms with Gasteiger partial charge >= 0.3 is 0 Å². The van der Waals surface area contributed by atoms with Crippen molar-refractivity contribution in [1.29, 1.82) is 0 Å². The van der Waals surface area contributed by atoms with Crippen molar-refractivity contribution < 1.29 is 22.7 Å². The number of rotatable bonds is 14. The van der Waals surface area contributed by atoms with Crippen molar-refractivity contribution in [1.82, 2.24) is 10.2 Å². The summed E-state index contributed by atoms with van der Waals surface area (Å²) < 4.78 is 34.7. The molecule has 0 saturated heterocycles. The van der Waals surface area contributed by atoms with Crippen LogP contribution in [0.25, 0.3) is 0 Å². The van der Waals surface area contributed by atoms with Gasteiger partial charge in [0.25, 0.3) is 10.0 Å². The van der Waals surface area contributed by atoms with E-state index < -0.39 is 28.5 Å². The summed E-state index contributed by atoms with van der Waals surface area (Å²) in [6.45, 7) is 5.88. The molecule has 0 aliphatic heterocycles. The first-order chi connectivity index (χ1) is 21.6. The van der Waals surface area contributed by atoms with E-state index in [-0.39, 0.29) is 23.8 Å². The lowest BCUT2D eigenvalue weighted by Gasteiger charge is -2.34. The Morgan fingerprint density at radius 2 is 1.40 bits per heavy atom. The average molecular weight is 628 g/mol. The Morgan fingerprint density at radius 3 is 1.98 bits per heavy atom. The molecular weight excluding hydrogens is 586 g/mol. The predicted molar refractivity (Wildman–Crippen MR) is 178 cm³/mol. The monoisotopic (exact) mass is 627 g/mol. The molecule has 8 nitrogen and oxygen atoms in total. The van der Waals surface area contributed by atoms with Crippen LogP contribution in [0.5, 0.6) is 5.75 Å². The normalized spacial score (nSPS) is 11.8. The summed E-state index contributed by atoms with van der Waals surface area (Å²) in [5.41, 5.74) is 3.98. The number of methoxy groups -OCH3 is 1. The highest BCUT2D eigenvalue weighted by atomic mass is 32.2. The Labute approximate surface area is 266 Å². The van der Waals surface area contributed by atoms with E-state index in [2.05, 4.69) is 5.32 Å². The van der Waals surface area contributed by atoms with Crippen LogP contribution in [0.15, 0.2) is 108 Å². The number of hydrogen-bond acceptors (Lipinski definition) is 5. The highest BCUT2D eigenvalue weighted by Crippen LogP contribution is 2.27. The van der Waals surface area contributed by atoms with Crippen molar-refractivity contribution in [3.63, 3.8) is 0 Å². The Bertz CT molecular complexity index is 1660. The highest BCUT2D eigenvalue weighted by molar-refractivity contribution is 7.92. The zero-order valence-electron chi connectivity index (χ0n) is 26.3. The van der Waals surface area contributed by atoms with Gasteiger partial charge in [-0.05, 0) is 67.8 Å². The van der Waals surface area contributed by atoms with E-state index in [0.29, 0.717) is 18.0 Å². The molecule has 0 saturated carbocycles. The van der Waals surface area contributed by atoms with Gasteiger partial charge < -0.3 is 15.0 Å². The Balaban J connectivity index is 1.79. The van der Waals surface area contributed by atoms with Gasteiger partial charge in [-0.1, -0.05) is 84.8 Å². The van der Waals surface area contributed by atoms with Crippen LogP contribution >= 0.6 is 0 Å². The molecule has 0 spiro atoms. The highest BCUT2D eigenvalue weighted by Gasteiger charge is 2.34. The summed E-state index contributed by atoms with van der Waals surface area (Å²) in [4.78, 5) is 29.8. The predicted octanol–water partition coefficient (Wildman–Crippen LogP) is 5.67. The van der Waals surface area contributed by atoms with Crippen LogP contribution < -0.4 is 14.4 Å². The molecule has 0 radical (unpaired) electrons. The Kier molecular flexibility index (Phi) is 11.4. The maximum atomic E-state index is 14.5. The van der Waals surface area contributed by atoms with Crippen LogP contribution in [0.3, 0.4) is 0 Å². The van der Waals surface area contributed by atoms with Gasteiger partial charge in [0.15, 0.2) is 0 Å². The van der Waals surface area contributed by atoms with E-state index >= 15 is 0 Å². The summed E-state index contributed by atoms with van der Waals surface area (Å²) in [6.07, 6.45) is 0.997. The van der Waals surface area contributed by atoms with E-state index in [1.54, 1.807) is 36.4 Å². The molecular formula is C36H41N3O5S. The molecule has 9 heteroatoms. The second kappa shape index (κ2) is 15.4. The van der Waals surface area contributed by atoms with Crippen molar-refractivity contribution in [3.8, 4) is 5.75 Å². The zero-order chi connectivity index (χ0) is 32.4. The quantitative estimate of drug-likeness (QED) is 0.194. The number of amides is 2. The van der Waals surface area contributed by atoms with Crippen LogP contribution in [0.2, 0.25) is 0 Å². The van der Waals surface area contributed by atoms with Crippen molar-refractivity contribution >= 4 is 27.5 Å². The van der Waals surface area contributed by atoms with Gasteiger partial charge in [0.2, 0.25) is 11.8 Å². The third kappa shape index (κ3) is 8.73. The molecule has 0 heterocycles. The first-order valence-corrected chi connectivity index (χ1v) is 16.5. The summed E-state index contributed by atoms with van der Waals surface area (Å²) in [6, 6.07) is 29.4. The van der Waals surface area contributed by atoms with Gasteiger partial charge in [-0.2, -0.15) is 0 Å². The Morgan fingerprint density at radius 1 is 0.800 bits per heavy atom. The molecule has 0 aromatic heterocycles. The number of carbonyl (C=O) groups is 2. The van der Waals surface area contributed by atoms with E-state index in [1.165, 1.54) is 24.1 Å². The number of ether oxygens (including phenoxy) is 1. The van der Waals surface area contributed by atoms with Crippen molar-refractivity contribution in [3.05, 3.63) is 125 Å². The minimum atomic E-state index is -4.17. The lowest BCUT2D eigenvalue weighted by atomic mass is 10.0. The van der Waals surface area contributed by atoms with Crippen molar-refractivity contribution in [2.75, 3.05) is 24.5 Å². The molecule has 4 aromatic rings. The van der Waals surface area contributed by atoms with E-state index in [9.17, 15) is 18.0 Å². The second-order valence-corrected chi connectivity index (χ2v) is 12.9. The number of nitrogens with one attached hydrogen (secondary N) is 1. The fourth-order valence-corrected chi connectivity index (χ4v) is 6.34. The zero-order valence-corrected chi connectivity index (χ0v) is 27.1. The number of carbonyl (C=O) groups excluding carboxylic acids is 2. The first kappa shape index (κ1) is 33.3. The molecule has 0 bridgehead atoms. The molecule has 45 heavy (non-hydrogen) atoms. The van der Waals surface area contributed by atoms with Crippen molar-refractivity contribution in [2.45, 2.75) is 51.1 Å². The lowest BCUT2D eigenvalue weighted by molar-refractivity contribution is -0.140. The Hall–Kier alpha value is -4.63. The summed E-state index contributed by atoms with van der Waals surface area (Å²) in [7, 11) is -2.65. The third-order valence-electron chi connectivity index (χ3n) is 7.54. The van der Waals surface area contributed by atoms with Crippen LogP contribution in [-0.2, 0) is 32.6 Å². The van der Waals surface area contributed by atoms with E-state index in [1.807, 2.05) is 75.4 Å². The topological polar surface area (TPSA) is 96.0 Å². The van der Waals surface area contributed by atoms with Gasteiger partial charge in [0.05, 0.1) is 17.7 Å². The number of nitrogens with zero attached hydrogens (tertiary/aromatic N) is 2. The summed E-state index contributed by atoms with van der Waals surface area (Å²) >= 11 is 0. The van der Waals surface area contributed by atoms with Crippen LogP contribution in [0.4, 0.5) is 5.69 Å². The number of anilines is 1. The maximum absolute atomic E-state index is 14.5. The lowest BCUT2D eigenvalue weighted by Crippen LogP contribution is -2.53. The molecule has 4 aromatic carbocycles. The molecule has 1 atom stereocenters. The number of aryl methyl sites for hydroxylation is 2. The van der Waals surface area contributed by atoms with Crippen LogP contribution in [0.1, 0.15) is 35.6 Å². The second-order valence-electron chi connectivity index (χ2n) is 11.0. The van der Waals surface area contributed by atoms with Gasteiger partial charge in [0.1, 0.15) is 18.3 Å². The fraction of sp³-hybridized carbons (Fsp3) is 0.278. The minimum absolute atomic E-state index is 0.0586. The number of benzene rings is 4. The van der Waals surface area contributed by atoms with Crippen molar-refractivity contribution in [2.24, 2.45) is 0 Å². The molecule has 4 rings (SSSR count). The van der Waals surface area contributed by atoms with Crippen LogP contribution in [-0.4, -0.2) is 51.4 Å². The molecule has 0 aliphatic carbocycles. The van der Waals surface area contributed by atoms with E-state index in [4.69, 9.17) is 4.74 Å². The number of hydrogen-bond donors (Lipinski definition) is 1. The van der Waals surface area contributed by atoms with Gasteiger partial charge in [0, 0.05) is 19.5 Å². The fourth-order valence-electron chi connectivity index (χ4n) is 4.92. The molecule has 2 amide bonds. The largest absolute Gasteiger partial charge is 0.497 e. The smallest absolute Gasteiger partial charge is 0.264 e. The summed E-state index contributed by atoms with van der Waals surface area (Å²) in [5, 5.41) is 2.96. The molecule has 236 valence electrons. The van der Waals surface area contributed by atoms with Gasteiger partial charge in [-0.25, -0.2) is 8.42 Å². The minimum Gasteiger partial charge on any atom is -0.497 e. The average Bonchev–Trinajstić information content (AvgIpc) is 3.05. The molecule has 0 aliphatic rings. The van der Waals surface area contributed by atoms with Gasteiger partial charge in [-0.15, -0.1) is 0 Å². The molecule has 0 fully saturated rings. The number of sulfonamides is 1. The SMILES string of the molecule is CCCNC(=O)C(Cc1ccccc1)N(Cc1ccc(C)cc1)C(=O)CN(c1ccc(OC)cc1)S(=O)(=O)c1ccc(C)cc1. The third-order valence-corrected chi connectivity index (χ3v) is 9.33. The maximum Gasteiger partial charge on any atom is 0.264 e. The van der Waals surface area contributed by atoms with Crippen LogP contribution in [0, 0.1) is 13.8 Å². The van der Waals surface area contributed by atoms with Gasteiger partial charge in [-0.3, -0.25) is 13.9 Å². The molecule has 1 N–H and O–H groups in total. The summed E-state index contributed by atoms with van der Waals surface area (Å²) in [5.74, 6) is -0.248. The standard InChI is InChI=1S/C36H41N3O5S/c1-5-23-37-36(41)34(24-29-9-7-6-8-10-29)38(25-30-15-11-27(2)12-16-30)35(40)26-39(31-17-19-32(44-4)20-18-31)45(42,43)33-21-13-28(3)14-22-33/h6-22,34H,5,23-26H2,1-4H3,(H,37,41).